The van der Waals surface area contributed by atoms with Crippen LogP contribution in [0.4, 0.5) is 0 Å². The van der Waals surface area contributed by atoms with Gasteiger partial charge in [0, 0.05) is 0 Å². The highest BCUT2D eigenvalue weighted by Crippen LogP contribution is 1.76. The Bertz CT molecular complexity index is 55.0. The van der Waals surface area contributed by atoms with Gasteiger partial charge in [0.1, 0.15) is 0 Å². The molecule has 0 unspecified atom stereocenters. The first-order valence-electron chi connectivity index (χ1n) is 1.89. The summed E-state index contributed by atoms with van der Waals surface area (Å²) in [5, 5.41) is 0. The first-order chi connectivity index (χ1) is 2.91. The Morgan fingerprint density at radius 2 is 2.33 bits per heavy atom. The van der Waals surface area contributed by atoms with E-state index in [0.717, 1.165) is 6.42 Å². The molecular weight excluding hydrogens is 74.1 g/mol. The second-order valence-electron chi connectivity index (χ2n) is 0.953. The highest BCUT2D eigenvalue weighted by Gasteiger charge is 1.57. The van der Waals surface area contributed by atoms with E-state index >= 15 is 0 Å². The molecule has 0 radical (unpaired) electrons. The second kappa shape index (κ2) is 4.28. The Hall–Kier alpha value is -0.720. The van der Waals surface area contributed by atoms with Crippen molar-refractivity contribution in [1.29, 1.82) is 0 Å². The van der Waals surface area contributed by atoms with Gasteiger partial charge in [-0.2, -0.15) is 0 Å². The molecule has 1 heteroatoms. The standard InChI is InChI=1S/C5H9N/c1-2-3-4-5-6/h2,4-5H,1,3,6H2. The highest BCUT2D eigenvalue weighted by molar-refractivity contribution is 4.84. The van der Waals surface area contributed by atoms with E-state index in [-0.39, 0.29) is 0 Å². The van der Waals surface area contributed by atoms with Crippen LogP contribution in [0.3, 0.4) is 0 Å². The molecule has 1 nitrogen and oxygen atoms in total. The van der Waals surface area contributed by atoms with E-state index in [9.17, 15) is 0 Å². The Morgan fingerprint density at radius 3 is 2.50 bits per heavy atom. The molecule has 0 aromatic heterocycles. The average molecular weight is 83.1 g/mol. The third-order valence-electron chi connectivity index (χ3n) is 0.439. The van der Waals surface area contributed by atoms with Crippen molar-refractivity contribution in [3.05, 3.63) is 24.9 Å². The first kappa shape index (κ1) is 5.28. The summed E-state index contributed by atoms with van der Waals surface area (Å²) in [6.45, 7) is 3.49. The molecule has 0 aliphatic carbocycles. The Labute approximate surface area is 38.2 Å². The Kier molecular flexibility index (Phi) is 3.77. The van der Waals surface area contributed by atoms with Crippen molar-refractivity contribution in [2.24, 2.45) is 5.73 Å². The molecule has 34 valence electrons. The second-order valence-corrected chi connectivity index (χ2v) is 0.953. The summed E-state index contributed by atoms with van der Waals surface area (Å²) in [7, 11) is 0. The molecule has 0 aromatic rings. The van der Waals surface area contributed by atoms with Gasteiger partial charge in [0.05, 0.1) is 0 Å². The SMILES string of the molecule is C=CCC=CN. The lowest BCUT2D eigenvalue weighted by Crippen LogP contribution is -1.72. The maximum Gasteiger partial charge on any atom is -0.00999 e. The predicted molar refractivity (Wildman–Crippen MR) is 28.1 cm³/mol. The molecule has 2 N–H and O–H groups in total. The smallest absolute Gasteiger partial charge is 0.00999 e. The molecule has 0 spiro atoms. The van der Waals surface area contributed by atoms with Gasteiger partial charge in [0.15, 0.2) is 0 Å². The van der Waals surface area contributed by atoms with Crippen molar-refractivity contribution in [3.8, 4) is 0 Å². The fourth-order valence-electron chi connectivity index (χ4n) is 0.175. The Morgan fingerprint density at radius 1 is 1.67 bits per heavy atom. The number of nitrogens with two attached hydrogens (primary N) is 1. The molecule has 0 saturated carbocycles. The van der Waals surface area contributed by atoms with E-state index in [1.165, 1.54) is 6.20 Å². The van der Waals surface area contributed by atoms with Gasteiger partial charge >= 0.3 is 0 Å². The maximum atomic E-state index is 4.99. The van der Waals surface area contributed by atoms with Gasteiger partial charge in [-0.25, -0.2) is 0 Å². The summed E-state index contributed by atoms with van der Waals surface area (Å²) in [6.07, 6.45) is 6.02. The normalized spacial score (nSPS) is 9.33. The van der Waals surface area contributed by atoms with Crippen LogP contribution in [0.25, 0.3) is 0 Å². The van der Waals surface area contributed by atoms with Crippen LogP contribution < -0.4 is 5.73 Å². The molecule has 0 atom stereocenters. The third kappa shape index (κ3) is 3.28. The highest BCUT2D eigenvalue weighted by atomic mass is 14.5. The maximum absolute atomic E-state index is 4.99. The quantitative estimate of drug-likeness (QED) is 0.496. The van der Waals surface area contributed by atoms with Gasteiger partial charge < -0.3 is 5.73 Å². The van der Waals surface area contributed by atoms with Gasteiger partial charge in [0.2, 0.25) is 0 Å². The number of allylic oxidation sites excluding steroid dienone is 2. The molecule has 0 amide bonds. The number of hydrogen-bond donors (Lipinski definition) is 1. The molecule has 0 heterocycles. The molecule has 0 bridgehead atoms. The van der Waals surface area contributed by atoms with Crippen LogP contribution in [0.1, 0.15) is 6.42 Å². The van der Waals surface area contributed by atoms with Crippen molar-refractivity contribution in [2.75, 3.05) is 0 Å². The topological polar surface area (TPSA) is 26.0 Å². The van der Waals surface area contributed by atoms with Crippen LogP contribution in [-0.4, -0.2) is 0 Å². The van der Waals surface area contributed by atoms with E-state index < -0.39 is 0 Å². The molecule has 0 aromatic carbocycles. The molecule has 0 rings (SSSR count). The summed E-state index contributed by atoms with van der Waals surface area (Å²) in [5.74, 6) is 0. The van der Waals surface area contributed by atoms with Crippen LogP contribution in [0, 0.1) is 0 Å². The van der Waals surface area contributed by atoms with E-state index in [1.807, 2.05) is 6.08 Å². The van der Waals surface area contributed by atoms with Crippen LogP contribution in [0.15, 0.2) is 24.9 Å². The van der Waals surface area contributed by atoms with Crippen molar-refractivity contribution in [3.63, 3.8) is 0 Å². The van der Waals surface area contributed by atoms with Crippen LogP contribution in [0.5, 0.6) is 0 Å². The van der Waals surface area contributed by atoms with E-state index in [4.69, 9.17) is 5.73 Å². The van der Waals surface area contributed by atoms with Gasteiger partial charge in [-0.05, 0) is 12.6 Å². The monoisotopic (exact) mass is 83.1 g/mol. The van der Waals surface area contributed by atoms with E-state index in [0.29, 0.717) is 0 Å². The van der Waals surface area contributed by atoms with Crippen LogP contribution in [0.2, 0.25) is 0 Å². The molecule has 0 aliphatic heterocycles. The molecular formula is C5H9N. The molecule has 6 heavy (non-hydrogen) atoms. The lowest BCUT2D eigenvalue weighted by Gasteiger charge is -1.70. The lowest BCUT2D eigenvalue weighted by molar-refractivity contribution is 1.37. The molecule has 0 saturated heterocycles. The minimum atomic E-state index is 0.872. The zero-order valence-corrected chi connectivity index (χ0v) is 3.72. The van der Waals surface area contributed by atoms with Crippen molar-refractivity contribution >= 4 is 0 Å². The zero-order valence-electron chi connectivity index (χ0n) is 3.72. The molecule has 0 aliphatic rings. The summed E-state index contributed by atoms with van der Waals surface area (Å²) >= 11 is 0. The van der Waals surface area contributed by atoms with E-state index in [2.05, 4.69) is 6.58 Å². The summed E-state index contributed by atoms with van der Waals surface area (Å²) in [6, 6.07) is 0. The van der Waals surface area contributed by atoms with Crippen molar-refractivity contribution < 1.29 is 0 Å². The summed E-state index contributed by atoms with van der Waals surface area (Å²) in [5.41, 5.74) is 4.99. The van der Waals surface area contributed by atoms with Crippen LogP contribution in [-0.2, 0) is 0 Å². The van der Waals surface area contributed by atoms with Crippen molar-refractivity contribution in [2.45, 2.75) is 6.42 Å². The fraction of sp³-hybridized carbons (Fsp3) is 0.200. The summed E-state index contributed by atoms with van der Waals surface area (Å²) in [4.78, 5) is 0. The van der Waals surface area contributed by atoms with Gasteiger partial charge in [-0.15, -0.1) is 6.58 Å². The Balaban J connectivity index is 2.85. The minimum absolute atomic E-state index is 0.872. The first-order valence-corrected chi connectivity index (χ1v) is 1.89. The predicted octanol–water partition coefficient (Wildman–Crippen LogP) is 1.03. The third-order valence-corrected chi connectivity index (χ3v) is 0.439. The minimum Gasteiger partial charge on any atom is -0.405 e. The van der Waals surface area contributed by atoms with Gasteiger partial charge in [-0.3, -0.25) is 0 Å². The number of rotatable bonds is 2. The average Bonchev–Trinajstić information content (AvgIpc) is 1.61. The summed E-state index contributed by atoms with van der Waals surface area (Å²) < 4.78 is 0. The fourth-order valence-corrected chi connectivity index (χ4v) is 0.175. The van der Waals surface area contributed by atoms with Crippen molar-refractivity contribution in [1.82, 2.24) is 0 Å². The molecule has 0 fully saturated rings. The largest absolute Gasteiger partial charge is 0.405 e. The number of hydrogen-bond acceptors (Lipinski definition) is 1. The van der Waals surface area contributed by atoms with Crippen LogP contribution >= 0.6 is 0 Å². The zero-order chi connectivity index (χ0) is 4.83. The van der Waals surface area contributed by atoms with Gasteiger partial charge in [0.25, 0.3) is 0 Å². The van der Waals surface area contributed by atoms with Gasteiger partial charge in [-0.1, -0.05) is 12.2 Å². The lowest BCUT2D eigenvalue weighted by atomic mass is 10.4. The van der Waals surface area contributed by atoms with E-state index in [1.54, 1.807) is 6.08 Å².